The molecule has 0 aliphatic carbocycles. The number of imidazole rings is 1. The summed E-state index contributed by atoms with van der Waals surface area (Å²) >= 11 is 0. The van der Waals surface area contributed by atoms with E-state index in [2.05, 4.69) is 44.2 Å². The zero-order chi connectivity index (χ0) is 21.9. The lowest BCUT2D eigenvalue weighted by molar-refractivity contribution is -0.131. The highest BCUT2D eigenvalue weighted by atomic mass is 16.2. The minimum Gasteiger partial charge on any atom is -0.344 e. The molecule has 1 amide bonds. The van der Waals surface area contributed by atoms with Crippen molar-refractivity contribution in [3.63, 3.8) is 0 Å². The Morgan fingerprint density at radius 1 is 1.16 bits per heavy atom. The first-order valence-corrected chi connectivity index (χ1v) is 11.7. The molecule has 0 spiro atoms. The van der Waals surface area contributed by atoms with Gasteiger partial charge in [-0.15, -0.1) is 0 Å². The molecule has 1 N–H and O–H groups in total. The molecule has 1 fully saturated rings. The number of hydrogen-bond acceptors (Lipinski definition) is 4. The van der Waals surface area contributed by atoms with Gasteiger partial charge in [-0.25, -0.2) is 4.98 Å². The van der Waals surface area contributed by atoms with Gasteiger partial charge in [-0.3, -0.25) is 9.48 Å². The quantitative estimate of drug-likeness (QED) is 0.623. The lowest BCUT2D eigenvalue weighted by Gasteiger charge is -2.26. The number of nitrogens with one attached hydrogen (secondary N) is 1. The van der Waals surface area contributed by atoms with Crippen LogP contribution in [0, 0.1) is 12.8 Å². The van der Waals surface area contributed by atoms with Crippen molar-refractivity contribution in [3.05, 3.63) is 71.1 Å². The second-order valence-corrected chi connectivity index (χ2v) is 9.23. The molecule has 3 aromatic rings. The third-order valence-electron chi connectivity index (χ3n) is 6.78. The van der Waals surface area contributed by atoms with Gasteiger partial charge < -0.3 is 14.8 Å². The molecule has 7 heteroatoms. The first-order valence-electron chi connectivity index (χ1n) is 11.7. The molecule has 0 radical (unpaired) electrons. The largest absolute Gasteiger partial charge is 0.344 e. The number of aromatic amines is 1. The van der Waals surface area contributed by atoms with E-state index in [0.717, 1.165) is 61.8 Å². The van der Waals surface area contributed by atoms with Crippen molar-refractivity contribution < 1.29 is 4.79 Å². The third-order valence-corrected chi connectivity index (χ3v) is 6.78. The Morgan fingerprint density at radius 2 is 2.00 bits per heavy atom. The van der Waals surface area contributed by atoms with Crippen LogP contribution in [0.25, 0.3) is 0 Å². The van der Waals surface area contributed by atoms with Crippen molar-refractivity contribution in [1.82, 2.24) is 29.5 Å². The van der Waals surface area contributed by atoms with Gasteiger partial charge in [0.15, 0.2) is 0 Å². The summed E-state index contributed by atoms with van der Waals surface area (Å²) in [4.78, 5) is 25.1. The molecule has 168 valence electrons. The number of amides is 1. The van der Waals surface area contributed by atoms with Gasteiger partial charge in [0.05, 0.1) is 30.9 Å². The van der Waals surface area contributed by atoms with Crippen LogP contribution in [0.2, 0.25) is 0 Å². The minimum absolute atomic E-state index is 0.194. The number of likely N-dealkylation sites (tertiary alicyclic amines) is 1. The van der Waals surface area contributed by atoms with Gasteiger partial charge in [-0.1, -0.05) is 24.3 Å². The lowest BCUT2D eigenvalue weighted by Crippen LogP contribution is -2.37. The summed E-state index contributed by atoms with van der Waals surface area (Å²) in [6, 6.07) is 10.7. The maximum Gasteiger partial charge on any atom is 0.227 e. The van der Waals surface area contributed by atoms with Crippen molar-refractivity contribution in [3.8, 4) is 0 Å². The third kappa shape index (κ3) is 4.93. The van der Waals surface area contributed by atoms with Gasteiger partial charge in [-0.2, -0.15) is 5.10 Å². The van der Waals surface area contributed by atoms with Crippen LogP contribution in [0.4, 0.5) is 0 Å². The molecule has 0 saturated carbocycles. The van der Waals surface area contributed by atoms with Crippen LogP contribution in [-0.2, 0) is 37.1 Å². The Morgan fingerprint density at radius 3 is 2.81 bits per heavy atom. The van der Waals surface area contributed by atoms with Gasteiger partial charge in [0.25, 0.3) is 0 Å². The Balaban J connectivity index is 1.09. The van der Waals surface area contributed by atoms with Crippen LogP contribution in [0.1, 0.15) is 34.8 Å². The van der Waals surface area contributed by atoms with Crippen molar-refractivity contribution in [2.45, 2.75) is 45.7 Å². The van der Waals surface area contributed by atoms with E-state index in [1.807, 2.05) is 35.0 Å². The lowest BCUT2D eigenvalue weighted by atomic mass is 9.97. The smallest absolute Gasteiger partial charge is 0.227 e. The molecular weight excluding hydrogens is 400 g/mol. The molecule has 4 heterocycles. The van der Waals surface area contributed by atoms with E-state index in [9.17, 15) is 4.79 Å². The van der Waals surface area contributed by atoms with Gasteiger partial charge in [0.1, 0.15) is 5.82 Å². The average Bonchev–Trinajstić information content (AvgIpc) is 3.53. The number of fused-ring (bicyclic) bond motifs is 1. The van der Waals surface area contributed by atoms with E-state index in [4.69, 9.17) is 0 Å². The topological polar surface area (TPSA) is 70.1 Å². The first kappa shape index (κ1) is 20.9. The maximum atomic E-state index is 12.8. The molecule has 2 aliphatic heterocycles. The van der Waals surface area contributed by atoms with Crippen molar-refractivity contribution >= 4 is 5.91 Å². The highest BCUT2D eigenvalue weighted by Crippen LogP contribution is 2.22. The van der Waals surface area contributed by atoms with Gasteiger partial charge in [0.2, 0.25) is 5.91 Å². The van der Waals surface area contributed by atoms with Gasteiger partial charge >= 0.3 is 0 Å². The number of carbonyl (C=O) groups is 1. The van der Waals surface area contributed by atoms with Crippen LogP contribution in [0.3, 0.4) is 0 Å². The minimum atomic E-state index is 0.194. The van der Waals surface area contributed by atoms with E-state index in [0.29, 0.717) is 18.9 Å². The van der Waals surface area contributed by atoms with Crippen molar-refractivity contribution in [2.75, 3.05) is 26.2 Å². The van der Waals surface area contributed by atoms with Gasteiger partial charge in [0, 0.05) is 38.4 Å². The number of hydrogen-bond donors (Lipinski definition) is 1. The monoisotopic (exact) mass is 432 g/mol. The normalized spacial score (nSPS) is 18.8. The second-order valence-electron chi connectivity index (χ2n) is 9.23. The summed E-state index contributed by atoms with van der Waals surface area (Å²) in [5, 5.41) is 4.29. The number of nitrogens with zero attached hydrogens (tertiary/aromatic N) is 5. The van der Waals surface area contributed by atoms with Crippen LogP contribution in [-0.4, -0.2) is 61.6 Å². The molecule has 32 heavy (non-hydrogen) atoms. The number of aromatic nitrogens is 4. The number of aryl methyl sites for hydroxylation is 1. The van der Waals surface area contributed by atoms with Crippen molar-refractivity contribution in [2.24, 2.45) is 5.92 Å². The average molecular weight is 433 g/mol. The molecule has 1 aromatic carbocycles. The molecule has 2 aromatic heterocycles. The SMILES string of the molecule is Cc1nc2c([nH]1)CN(C(=O)Cc1ccc(CC3CCN(CCn4cccn4)C3)cc1)CC2. The fraction of sp³-hybridized carbons (Fsp3) is 0.480. The zero-order valence-corrected chi connectivity index (χ0v) is 18.8. The number of H-pyrrole nitrogens is 1. The predicted molar refractivity (Wildman–Crippen MR) is 123 cm³/mol. The zero-order valence-electron chi connectivity index (χ0n) is 18.8. The number of carbonyl (C=O) groups excluding carboxylic acids is 1. The molecule has 1 atom stereocenters. The molecule has 1 unspecified atom stereocenters. The van der Waals surface area contributed by atoms with Crippen LogP contribution in [0.15, 0.2) is 42.7 Å². The summed E-state index contributed by atoms with van der Waals surface area (Å²) in [6.07, 6.45) is 7.54. The van der Waals surface area contributed by atoms with E-state index in [1.165, 1.54) is 18.5 Å². The first-order chi connectivity index (χ1) is 15.6. The maximum absolute atomic E-state index is 12.8. The Kier molecular flexibility index (Phi) is 6.08. The van der Waals surface area contributed by atoms with Crippen LogP contribution in [0.5, 0.6) is 0 Å². The van der Waals surface area contributed by atoms with E-state index in [-0.39, 0.29) is 5.91 Å². The molecule has 5 rings (SSSR count). The standard InChI is InChI=1S/C25H32N6O/c1-19-27-23-8-12-30(18-24(23)28-19)25(32)16-21-5-3-20(4-6-21)15-22-7-11-29(17-22)13-14-31-10-2-9-26-31/h2-6,9-10,22H,7-8,11-18H2,1H3,(H,27,28). The summed E-state index contributed by atoms with van der Waals surface area (Å²) in [5.41, 5.74) is 4.67. The second kappa shape index (κ2) is 9.28. The van der Waals surface area contributed by atoms with Crippen LogP contribution < -0.4 is 0 Å². The molecule has 1 saturated heterocycles. The van der Waals surface area contributed by atoms with Gasteiger partial charge in [-0.05, 0) is 49.4 Å². The van der Waals surface area contributed by atoms with Crippen molar-refractivity contribution in [1.29, 1.82) is 0 Å². The van der Waals surface area contributed by atoms with Crippen LogP contribution >= 0.6 is 0 Å². The summed E-state index contributed by atoms with van der Waals surface area (Å²) in [7, 11) is 0. The molecule has 2 aliphatic rings. The molecule has 7 nitrogen and oxygen atoms in total. The Labute approximate surface area is 189 Å². The molecular formula is C25H32N6O. The number of rotatable bonds is 7. The van der Waals surface area contributed by atoms with E-state index in [1.54, 1.807) is 0 Å². The fourth-order valence-electron chi connectivity index (χ4n) is 5.02. The fourth-order valence-corrected chi connectivity index (χ4v) is 5.02. The van der Waals surface area contributed by atoms with E-state index >= 15 is 0 Å². The molecule has 0 bridgehead atoms. The predicted octanol–water partition coefficient (Wildman–Crippen LogP) is 2.61. The Bertz CT molecular complexity index is 1040. The number of benzene rings is 1. The highest BCUT2D eigenvalue weighted by Gasteiger charge is 2.24. The Hall–Kier alpha value is -2.93. The van der Waals surface area contributed by atoms with E-state index < -0.39 is 0 Å². The highest BCUT2D eigenvalue weighted by molar-refractivity contribution is 5.79. The summed E-state index contributed by atoms with van der Waals surface area (Å²) in [5.74, 6) is 1.84. The summed E-state index contributed by atoms with van der Waals surface area (Å²) < 4.78 is 2.01. The summed E-state index contributed by atoms with van der Waals surface area (Å²) in [6.45, 7) is 7.72.